The van der Waals surface area contributed by atoms with E-state index >= 15 is 0 Å². The topological polar surface area (TPSA) is 34.0 Å². The van der Waals surface area contributed by atoms with Crippen molar-refractivity contribution in [2.45, 2.75) is 6.92 Å². The number of carbonyl (C=O) groups is 1. The zero-order valence-corrected chi connectivity index (χ0v) is 13.9. The number of hydrogen-bond acceptors (Lipinski definition) is 1. The van der Waals surface area contributed by atoms with Crippen LogP contribution in [0.3, 0.4) is 0 Å². The number of carbonyl (C=O) groups excluding carboxylic acids is 1. The largest absolute Gasteiger partial charge is 0.322 e. The highest BCUT2D eigenvalue weighted by atomic mass is 16.1. The summed E-state index contributed by atoms with van der Waals surface area (Å²) in [6, 6.07) is 25.7. The third kappa shape index (κ3) is 2.92. The van der Waals surface area contributed by atoms with Crippen molar-refractivity contribution in [1.29, 1.82) is 0 Å². The van der Waals surface area contributed by atoms with Crippen LogP contribution in [0.1, 0.15) is 15.9 Å². The van der Waals surface area contributed by atoms with Gasteiger partial charge in [-0.2, -0.15) is 0 Å². The minimum absolute atomic E-state index is 0.0989. The van der Waals surface area contributed by atoms with E-state index in [4.69, 9.17) is 0 Å². The van der Waals surface area contributed by atoms with Crippen LogP contribution in [0.2, 0.25) is 0 Å². The molecule has 122 valence electrons. The molecule has 0 aliphatic rings. The van der Waals surface area contributed by atoms with E-state index in [2.05, 4.69) is 40.3 Å². The van der Waals surface area contributed by atoms with Gasteiger partial charge >= 0.3 is 0 Å². The summed E-state index contributed by atoms with van der Waals surface area (Å²) < 4.78 is 2.13. The van der Waals surface area contributed by atoms with Crippen LogP contribution in [0.25, 0.3) is 16.6 Å². The first-order valence-corrected chi connectivity index (χ1v) is 8.26. The molecule has 0 atom stereocenters. The van der Waals surface area contributed by atoms with Crippen LogP contribution in [0, 0.1) is 6.92 Å². The van der Waals surface area contributed by atoms with Crippen molar-refractivity contribution in [2.75, 3.05) is 5.32 Å². The lowest BCUT2D eigenvalue weighted by Crippen LogP contribution is -2.12. The van der Waals surface area contributed by atoms with Crippen molar-refractivity contribution < 1.29 is 4.79 Å². The van der Waals surface area contributed by atoms with Gasteiger partial charge in [0.05, 0.1) is 5.52 Å². The summed E-state index contributed by atoms with van der Waals surface area (Å²) >= 11 is 0. The number of aromatic nitrogens is 1. The van der Waals surface area contributed by atoms with E-state index in [9.17, 15) is 4.79 Å². The van der Waals surface area contributed by atoms with Gasteiger partial charge in [-0.15, -0.1) is 0 Å². The summed E-state index contributed by atoms with van der Waals surface area (Å²) in [6.45, 7) is 2.00. The first kappa shape index (κ1) is 15.2. The molecule has 0 aliphatic heterocycles. The fraction of sp³-hybridized carbons (Fsp3) is 0.0455. The maximum atomic E-state index is 12.5. The summed E-state index contributed by atoms with van der Waals surface area (Å²) in [5.74, 6) is -0.0989. The molecule has 3 aromatic carbocycles. The van der Waals surface area contributed by atoms with Crippen molar-refractivity contribution in [3.8, 4) is 5.69 Å². The lowest BCUT2D eigenvalue weighted by Gasteiger charge is -2.12. The Balaban J connectivity index is 1.71. The molecule has 0 radical (unpaired) electrons. The van der Waals surface area contributed by atoms with Crippen LogP contribution in [0.4, 0.5) is 5.69 Å². The standard InChI is InChI=1S/C22H18N2O/c1-16-11-12-19(24-14-13-17-7-5-6-10-21(17)24)15-20(16)23-22(25)18-8-3-2-4-9-18/h2-15H,1H3,(H,23,25). The van der Waals surface area contributed by atoms with E-state index in [1.807, 2.05) is 61.5 Å². The molecule has 0 aliphatic carbocycles. The molecule has 1 heterocycles. The number of nitrogens with one attached hydrogen (secondary N) is 1. The van der Waals surface area contributed by atoms with Gasteiger partial charge < -0.3 is 9.88 Å². The number of benzene rings is 3. The molecule has 25 heavy (non-hydrogen) atoms. The Kier molecular flexibility index (Phi) is 3.82. The highest BCUT2D eigenvalue weighted by Crippen LogP contribution is 2.24. The lowest BCUT2D eigenvalue weighted by atomic mass is 10.1. The summed E-state index contributed by atoms with van der Waals surface area (Å²) in [5.41, 5.74) is 4.68. The van der Waals surface area contributed by atoms with E-state index in [0.29, 0.717) is 5.56 Å². The quantitative estimate of drug-likeness (QED) is 0.552. The van der Waals surface area contributed by atoms with Gasteiger partial charge in [-0.1, -0.05) is 42.5 Å². The molecular formula is C22H18N2O. The minimum atomic E-state index is -0.0989. The second-order valence-electron chi connectivity index (χ2n) is 6.06. The molecule has 4 aromatic rings. The average molecular weight is 326 g/mol. The van der Waals surface area contributed by atoms with Gasteiger partial charge in [0.15, 0.2) is 0 Å². The molecule has 0 saturated heterocycles. The molecule has 4 rings (SSSR count). The van der Waals surface area contributed by atoms with E-state index in [1.54, 1.807) is 0 Å². The molecule has 1 amide bonds. The molecule has 0 spiro atoms. The molecule has 3 heteroatoms. The van der Waals surface area contributed by atoms with Crippen LogP contribution >= 0.6 is 0 Å². The first-order chi connectivity index (χ1) is 12.2. The van der Waals surface area contributed by atoms with Crippen molar-refractivity contribution in [3.63, 3.8) is 0 Å². The molecule has 0 saturated carbocycles. The molecule has 3 nitrogen and oxygen atoms in total. The normalized spacial score (nSPS) is 10.8. The van der Waals surface area contributed by atoms with E-state index in [-0.39, 0.29) is 5.91 Å². The van der Waals surface area contributed by atoms with Crippen molar-refractivity contribution >= 4 is 22.5 Å². The highest BCUT2D eigenvalue weighted by molar-refractivity contribution is 6.04. The van der Waals surface area contributed by atoms with Crippen molar-refractivity contribution in [3.05, 3.63) is 96.2 Å². The van der Waals surface area contributed by atoms with Gasteiger partial charge in [0, 0.05) is 23.1 Å². The summed E-state index contributed by atoms with van der Waals surface area (Å²) in [6.07, 6.45) is 2.05. The zero-order valence-electron chi connectivity index (χ0n) is 13.9. The van der Waals surface area contributed by atoms with Crippen LogP contribution in [0.15, 0.2) is 85.1 Å². The van der Waals surface area contributed by atoms with Crippen molar-refractivity contribution in [2.24, 2.45) is 0 Å². The molecule has 1 aromatic heterocycles. The Morgan fingerprint density at radius 3 is 2.48 bits per heavy atom. The minimum Gasteiger partial charge on any atom is -0.322 e. The Labute approximate surface area is 146 Å². The van der Waals surface area contributed by atoms with Gasteiger partial charge in [0.1, 0.15) is 0 Å². The van der Waals surface area contributed by atoms with Gasteiger partial charge in [0.2, 0.25) is 0 Å². The van der Waals surface area contributed by atoms with Crippen LogP contribution in [-0.2, 0) is 0 Å². The van der Waals surface area contributed by atoms with Crippen LogP contribution in [0.5, 0.6) is 0 Å². The molecule has 0 bridgehead atoms. The molecule has 0 unspecified atom stereocenters. The van der Waals surface area contributed by atoms with E-state index in [0.717, 1.165) is 22.5 Å². The Bertz CT molecular complexity index is 1050. The van der Waals surface area contributed by atoms with Gasteiger partial charge in [-0.25, -0.2) is 0 Å². The SMILES string of the molecule is Cc1ccc(-n2ccc3ccccc32)cc1NC(=O)c1ccccc1. The van der Waals surface area contributed by atoms with E-state index < -0.39 is 0 Å². The van der Waals surface area contributed by atoms with Gasteiger partial charge in [-0.05, 0) is 54.3 Å². The smallest absolute Gasteiger partial charge is 0.255 e. The average Bonchev–Trinajstić information content (AvgIpc) is 3.08. The number of rotatable bonds is 3. The summed E-state index contributed by atoms with van der Waals surface area (Å²) in [4.78, 5) is 12.5. The summed E-state index contributed by atoms with van der Waals surface area (Å²) in [7, 11) is 0. The first-order valence-electron chi connectivity index (χ1n) is 8.26. The maximum absolute atomic E-state index is 12.5. The van der Waals surface area contributed by atoms with E-state index in [1.165, 1.54) is 5.39 Å². The predicted octanol–water partition coefficient (Wildman–Crippen LogP) is 5.19. The predicted molar refractivity (Wildman–Crippen MR) is 102 cm³/mol. The fourth-order valence-electron chi connectivity index (χ4n) is 2.99. The number of fused-ring (bicyclic) bond motifs is 1. The third-order valence-electron chi connectivity index (χ3n) is 4.38. The third-order valence-corrected chi connectivity index (χ3v) is 4.38. The van der Waals surface area contributed by atoms with Crippen molar-refractivity contribution in [1.82, 2.24) is 4.57 Å². The lowest BCUT2D eigenvalue weighted by molar-refractivity contribution is 0.102. The second kappa shape index (κ2) is 6.29. The Morgan fingerprint density at radius 2 is 1.64 bits per heavy atom. The van der Waals surface area contributed by atoms with Gasteiger partial charge in [-0.3, -0.25) is 4.79 Å². The monoisotopic (exact) mass is 326 g/mol. The molecular weight excluding hydrogens is 308 g/mol. The summed E-state index contributed by atoms with van der Waals surface area (Å²) in [5, 5.41) is 4.22. The van der Waals surface area contributed by atoms with Gasteiger partial charge in [0.25, 0.3) is 5.91 Å². The second-order valence-corrected chi connectivity index (χ2v) is 6.06. The van der Waals surface area contributed by atoms with Crippen LogP contribution < -0.4 is 5.32 Å². The Hall–Kier alpha value is -3.33. The number of aryl methyl sites for hydroxylation is 1. The number of amides is 1. The van der Waals surface area contributed by atoms with Crippen LogP contribution in [-0.4, -0.2) is 10.5 Å². The number of nitrogens with zero attached hydrogens (tertiary/aromatic N) is 1. The number of hydrogen-bond donors (Lipinski definition) is 1. The Morgan fingerprint density at radius 1 is 0.880 bits per heavy atom. The fourth-order valence-corrected chi connectivity index (χ4v) is 2.99. The number of anilines is 1. The maximum Gasteiger partial charge on any atom is 0.255 e. The number of para-hydroxylation sites is 1. The molecule has 0 fully saturated rings. The zero-order chi connectivity index (χ0) is 17.2. The highest BCUT2D eigenvalue weighted by Gasteiger charge is 2.09. The molecule has 1 N–H and O–H groups in total.